The van der Waals surface area contributed by atoms with Crippen molar-refractivity contribution in [2.75, 3.05) is 5.32 Å². The Bertz CT molecular complexity index is 882. The highest BCUT2D eigenvalue weighted by atomic mass is 19.1. The largest absolute Gasteiger partial charge is 0.456 e. The summed E-state index contributed by atoms with van der Waals surface area (Å²) in [7, 11) is 0. The highest BCUT2D eigenvalue weighted by molar-refractivity contribution is 5.85. The Morgan fingerprint density at radius 1 is 1.04 bits per heavy atom. The summed E-state index contributed by atoms with van der Waals surface area (Å²) >= 11 is 0. The van der Waals surface area contributed by atoms with Crippen LogP contribution in [0.25, 0.3) is 0 Å². The monoisotopic (exact) mass is 351 g/mol. The third-order valence-electron chi connectivity index (χ3n) is 3.18. The third kappa shape index (κ3) is 5.13. The average Bonchev–Trinajstić information content (AvgIpc) is 2.66. The molecule has 0 aliphatic carbocycles. The Balaban J connectivity index is 1.50. The molecule has 0 spiro atoms. The van der Waals surface area contributed by atoms with E-state index >= 15 is 0 Å². The Morgan fingerprint density at radius 2 is 1.81 bits per heavy atom. The van der Waals surface area contributed by atoms with Gasteiger partial charge >= 0.3 is 6.09 Å². The number of pyridine rings is 1. The van der Waals surface area contributed by atoms with Crippen molar-refractivity contribution in [2.24, 2.45) is 5.16 Å². The first-order chi connectivity index (χ1) is 12.7. The van der Waals surface area contributed by atoms with Gasteiger partial charge in [-0.3, -0.25) is 15.1 Å². The predicted molar refractivity (Wildman–Crippen MR) is 94.9 cm³/mol. The summed E-state index contributed by atoms with van der Waals surface area (Å²) in [5.74, 6) is 0.866. The second-order valence-electron chi connectivity index (χ2n) is 5.10. The molecule has 0 bridgehead atoms. The van der Waals surface area contributed by atoms with Crippen molar-refractivity contribution >= 4 is 18.0 Å². The fourth-order valence-electron chi connectivity index (χ4n) is 1.97. The average molecular weight is 351 g/mol. The van der Waals surface area contributed by atoms with Gasteiger partial charge in [0.2, 0.25) is 0 Å². The summed E-state index contributed by atoms with van der Waals surface area (Å²) in [6.45, 7) is 0. The first kappa shape index (κ1) is 17.1. The second-order valence-corrected chi connectivity index (χ2v) is 5.10. The van der Waals surface area contributed by atoms with Crippen LogP contribution >= 0.6 is 0 Å². The first-order valence-corrected chi connectivity index (χ1v) is 7.64. The Kier molecular flexibility index (Phi) is 5.51. The van der Waals surface area contributed by atoms with Gasteiger partial charge in [-0.05, 0) is 54.1 Å². The van der Waals surface area contributed by atoms with E-state index in [4.69, 9.17) is 9.57 Å². The first-order valence-electron chi connectivity index (χ1n) is 7.64. The number of anilines is 1. The van der Waals surface area contributed by atoms with E-state index in [-0.39, 0.29) is 5.82 Å². The lowest BCUT2D eigenvalue weighted by Crippen LogP contribution is -2.10. The Labute approximate surface area is 148 Å². The molecule has 0 radical (unpaired) electrons. The molecule has 6 nitrogen and oxygen atoms in total. The molecule has 130 valence electrons. The van der Waals surface area contributed by atoms with Gasteiger partial charge in [-0.15, -0.1) is 0 Å². The van der Waals surface area contributed by atoms with E-state index in [1.807, 2.05) is 0 Å². The van der Waals surface area contributed by atoms with E-state index in [9.17, 15) is 9.18 Å². The van der Waals surface area contributed by atoms with Crippen LogP contribution in [0, 0.1) is 5.82 Å². The molecule has 0 aliphatic heterocycles. The van der Waals surface area contributed by atoms with Gasteiger partial charge in [0.05, 0.1) is 12.4 Å². The molecule has 2 aromatic carbocycles. The number of benzene rings is 2. The molecule has 26 heavy (non-hydrogen) atoms. The van der Waals surface area contributed by atoms with Crippen LogP contribution in [0.15, 0.2) is 78.2 Å². The highest BCUT2D eigenvalue weighted by Gasteiger charge is 2.03. The summed E-state index contributed by atoms with van der Waals surface area (Å²) in [6.07, 6.45) is 3.82. The van der Waals surface area contributed by atoms with Crippen LogP contribution in [0.2, 0.25) is 0 Å². The van der Waals surface area contributed by atoms with Gasteiger partial charge in [-0.25, -0.2) is 9.18 Å². The number of hydrogen-bond acceptors (Lipinski definition) is 5. The van der Waals surface area contributed by atoms with Crippen molar-refractivity contribution in [3.05, 3.63) is 84.4 Å². The topological polar surface area (TPSA) is 72.8 Å². The molecule has 0 fully saturated rings. The van der Waals surface area contributed by atoms with Crippen LogP contribution in [0.4, 0.5) is 14.9 Å². The number of carbonyl (C=O) groups excluding carboxylic acids is 1. The lowest BCUT2D eigenvalue weighted by Gasteiger charge is -2.06. The van der Waals surface area contributed by atoms with Crippen molar-refractivity contribution in [1.29, 1.82) is 0 Å². The van der Waals surface area contributed by atoms with Crippen molar-refractivity contribution in [3.8, 4) is 11.5 Å². The van der Waals surface area contributed by atoms with Crippen LogP contribution in [0.1, 0.15) is 5.56 Å². The zero-order valence-corrected chi connectivity index (χ0v) is 13.5. The molecular weight excluding hydrogens is 337 g/mol. The quantitative estimate of drug-likeness (QED) is 0.414. The number of oxime groups is 1. The van der Waals surface area contributed by atoms with Crippen LogP contribution in [0.5, 0.6) is 11.5 Å². The molecule has 7 heteroatoms. The molecule has 1 amide bonds. The number of amides is 1. The number of halogens is 1. The normalized spacial score (nSPS) is 10.5. The van der Waals surface area contributed by atoms with Crippen LogP contribution in [-0.2, 0) is 4.84 Å². The van der Waals surface area contributed by atoms with Crippen molar-refractivity contribution in [1.82, 2.24) is 4.98 Å². The molecule has 0 atom stereocenters. The molecular formula is C19H14FN3O3. The van der Waals surface area contributed by atoms with Gasteiger partial charge in [0.15, 0.2) is 0 Å². The van der Waals surface area contributed by atoms with Gasteiger partial charge in [-0.1, -0.05) is 17.3 Å². The number of aromatic nitrogens is 1. The number of nitrogens with one attached hydrogen (secondary N) is 1. The molecule has 3 rings (SSSR count). The van der Waals surface area contributed by atoms with Crippen molar-refractivity contribution < 1.29 is 18.8 Å². The lowest BCUT2D eigenvalue weighted by atomic mass is 10.2. The summed E-state index contributed by atoms with van der Waals surface area (Å²) < 4.78 is 18.4. The minimum atomic E-state index is -0.746. The molecule has 0 saturated carbocycles. The molecule has 1 aromatic heterocycles. The molecule has 0 unspecified atom stereocenters. The van der Waals surface area contributed by atoms with Gasteiger partial charge in [0.25, 0.3) is 0 Å². The SMILES string of the molecule is O=C(Nc1ccc(Oc2cccnc2)cc1)ON=Cc1ccc(F)cc1. The summed E-state index contributed by atoms with van der Waals surface area (Å²) in [5, 5.41) is 6.08. The van der Waals surface area contributed by atoms with E-state index in [0.29, 0.717) is 22.7 Å². The van der Waals surface area contributed by atoms with Crippen LogP contribution < -0.4 is 10.1 Å². The van der Waals surface area contributed by atoms with E-state index < -0.39 is 6.09 Å². The van der Waals surface area contributed by atoms with E-state index in [0.717, 1.165) is 0 Å². The van der Waals surface area contributed by atoms with Gasteiger partial charge < -0.3 is 4.74 Å². The maximum absolute atomic E-state index is 12.8. The summed E-state index contributed by atoms with van der Waals surface area (Å²) in [5.41, 5.74) is 1.13. The van der Waals surface area contributed by atoms with Gasteiger partial charge in [0.1, 0.15) is 17.3 Å². The van der Waals surface area contributed by atoms with E-state index in [1.165, 1.54) is 30.5 Å². The summed E-state index contributed by atoms with van der Waals surface area (Å²) in [6, 6.07) is 15.9. The molecule has 1 heterocycles. The summed E-state index contributed by atoms with van der Waals surface area (Å²) in [4.78, 5) is 20.3. The number of hydrogen-bond donors (Lipinski definition) is 1. The molecule has 3 aromatic rings. The predicted octanol–water partition coefficient (Wildman–Crippen LogP) is 4.60. The minimum absolute atomic E-state index is 0.350. The lowest BCUT2D eigenvalue weighted by molar-refractivity contribution is 0.167. The Hall–Kier alpha value is -3.74. The highest BCUT2D eigenvalue weighted by Crippen LogP contribution is 2.22. The van der Waals surface area contributed by atoms with Crippen molar-refractivity contribution in [3.63, 3.8) is 0 Å². The smallest absolute Gasteiger partial charge is 0.437 e. The van der Waals surface area contributed by atoms with E-state index in [2.05, 4.69) is 15.5 Å². The zero-order valence-electron chi connectivity index (χ0n) is 13.5. The van der Waals surface area contributed by atoms with E-state index in [1.54, 1.807) is 48.8 Å². The second kappa shape index (κ2) is 8.39. The number of ether oxygens (including phenoxy) is 1. The third-order valence-corrected chi connectivity index (χ3v) is 3.18. The molecule has 0 aliphatic rings. The fourth-order valence-corrected chi connectivity index (χ4v) is 1.97. The minimum Gasteiger partial charge on any atom is -0.456 e. The number of rotatable bonds is 5. The van der Waals surface area contributed by atoms with Crippen molar-refractivity contribution in [2.45, 2.75) is 0 Å². The van der Waals surface area contributed by atoms with Crippen LogP contribution in [-0.4, -0.2) is 17.3 Å². The standard InChI is InChI=1S/C19H14FN3O3/c20-15-5-3-14(4-6-15)12-22-26-19(24)23-16-7-9-17(10-8-16)25-18-2-1-11-21-13-18/h1-13H,(H,23,24). The number of nitrogens with zero attached hydrogens (tertiary/aromatic N) is 2. The maximum atomic E-state index is 12.8. The maximum Gasteiger partial charge on any atom is 0.437 e. The fraction of sp³-hybridized carbons (Fsp3) is 0. The Morgan fingerprint density at radius 3 is 2.50 bits per heavy atom. The zero-order chi connectivity index (χ0) is 18.2. The molecule has 1 N–H and O–H groups in total. The van der Waals surface area contributed by atoms with Crippen LogP contribution in [0.3, 0.4) is 0 Å². The molecule has 0 saturated heterocycles. The van der Waals surface area contributed by atoms with Gasteiger partial charge in [0, 0.05) is 11.9 Å². The van der Waals surface area contributed by atoms with Gasteiger partial charge in [-0.2, -0.15) is 0 Å². The number of carbonyl (C=O) groups is 1.